The van der Waals surface area contributed by atoms with Crippen molar-refractivity contribution in [1.82, 2.24) is 4.31 Å². The average Bonchev–Trinajstić information content (AvgIpc) is 3.24. The summed E-state index contributed by atoms with van der Waals surface area (Å²) in [5.74, 6) is -0.366. The van der Waals surface area contributed by atoms with Crippen LogP contribution >= 0.6 is 0 Å². The second-order valence-electron chi connectivity index (χ2n) is 6.23. The second-order valence-corrected chi connectivity index (χ2v) is 8.17. The first-order valence-electron chi connectivity index (χ1n) is 8.57. The van der Waals surface area contributed by atoms with Gasteiger partial charge in [-0.25, -0.2) is 8.42 Å². The lowest BCUT2D eigenvalue weighted by molar-refractivity contribution is -0.384. The molecule has 0 atom stereocenters. The Hall–Kier alpha value is -2.98. The van der Waals surface area contributed by atoms with Crippen molar-refractivity contribution >= 4 is 27.3 Å². The van der Waals surface area contributed by atoms with Crippen molar-refractivity contribution in [3.63, 3.8) is 0 Å². The summed E-state index contributed by atoms with van der Waals surface area (Å²) in [6, 6.07) is 9.67. The molecule has 3 rings (SSSR count). The molecule has 0 saturated carbocycles. The highest BCUT2D eigenvalue weighted by atomic mass is 32.2. The number of nitro benzene ring substituents is 1. The van der Waals surface area contributed by atoms with Crippen LogP contribution in [-0.4, -0.2) is 43.8 Å². The van der Waals surface area contributed by atoms with Crippen LogP contribution in [0.4, 0.5) is 11.4 Å². The summed E-state index contributed by atoms with van der Waals surface area (Å²) in [5.41, 5.74) is -0.248. The van der Waals surface area contributed by atoms with E-state index in [2.05, 4.69) is 5.32 Å². The summed E-state index contributed by atoms with van der Waals surface area (Å²) in [7, 11) is -2.29. The Bertz CT molecular complexity index is 1020. The summed E-state index contributed by atoms with van der Waals surface area (Å²) in [5, 5.41) is 13.7. The van der Waals surface area contributed by atoms with Crippen LogP contribution < -0.4 is 10.1 Å². The summed E-state index contributed by atoms with van der Waals surface area (Å²) < 4.78 is 31.7. The van der Waals surface area contributed by atoms with Crippen LogP contribution in [-0.2, 0) is 10.0 Å². The van der Waals surface area contributed by atoms with Gasteiger partial charge in [0.15, 0.2) is 0 Å². The maximum Gasteiger partial charge on any atom is 0.296 e. The lowest BCUT2D eigenvalue weighted by Gasteiger charge is -2.16. The van der Waals surface area contributed by atoms with E-state index in [1.54, 1.807) is 0 Å². The normalized spacial score (nSPS) is 14.6. The minimum Gasteiger partial charge on any atom is -0.496 e. The van der Waals surface area contributed by atoms with Gasteiger partial charge in [0.1, 0.15) is 11.4 Å². The number of carbonyl (C=O) groups is 1. The van der Waals surface area contributed by atoms with Gasteiger partial charge in [-0.3, -0.25) is 14.9 Å². The van der Waals surface area contributed by atoms with Gasteiger partial charge in [-0.2, -0.15) is 4.31 Å². The minimum absolute atomic E-state index is 0.0106. The lowest BCUT2D eigenvalue weighted by atomic mass is 10.2. The maximum atomic E-state index is 12.7. The highest BCUT2D eigenvalue weighted by Gasteiger charge is 2.28. The van der Waals surface area contributed by atoms with Crippen LogP contribution in [0.15, 0.2) is 47.4 Å². The zero-order valence-electron chi connectivity index (χ0n) is 15.1. The van der Waals surface area contributed by atoms with E-state index in [1.165, 1.54) is 53.9 Å². The van der Waals surface area contributed by atoms with E-state index in [1.807, 2.05) is 0 Å². The van der Waals surface area contributed by atoms with Crippen molar-refractivity contribution < 1.29 is 22.9 Å². The van der Waals surface area contributed by atoms with Crippen molar-refractivity contribution in [3.8, 4) is 5.75 Å². The molecule has 1 N–H and O–H groups in total. The molecule has 28 heavy (non-hydrogen) atoms. The predicted molar refractivity (Wildman–Crippen MR) is 102 cm³/mol. The van der Waals surface area contributed by atoms with Gasteiger partial charge in [-0.15, -0.1) is 0 Å². The molecular weight excluding hydrogens is 386 g/mol. The number of nitro groups is 1. The van der Waals surface area contributed by atoms with Crippen LogP contribution in [0, 0.1) is 10.1 Å². The molecule has 0 aromatic heterocycles. The predicted octanol–water partition coefficient (Wildman–Crippen LogP) is 2.64. The Morgan fingerprint density at radius 2 is 1.89 bits per heavy atom. The monoisotopic (exact) mass is 405 g/mol. The summed E-state index contributed by atoms with van der Waals surface area (Å²) in [6.45, 7) is 0.910. The SMILES string of the molecule is COc1ccc(NC(=O)c2cccc(S(=O)(=O)N3CCCC3)c2)c([N+](=O)[O-])c1. The summed E-state index contributed by atoms with van der Waals surface area (Å²) >= 11 is 0. The van der Waals surface area contributed by atoms with Crippen LogP contribution in [0.3, 0.4) is 0 Å². The minimum atomic E-state index is -3.67. The first kappa shape index (κ1) is 19.8. The van der Waals surface area contributed by atoms with Crippen LogP contribution in [0.25, 0.3) is 0 Å². The maximum absolute atomic E-state index is 12.7. The van der Waals surface area contributed by atoms with Crippen LogP contribution in [0.5, 0.6) is 5.75 Å². The molecule has 1 aliphatic rings. The number of benzene rings is 2. The third kappa shape index (κ3) is 3.97. The molecule has 2 aromatic rings. The van der Waals surface area contributed by atoms with Crippen molar-refractivity contribution in [3.05, 3.63) is 58.1 Å². The van der Waals surface area contributed by atoms with Crippen LogP contribution in [0.1, 0.15) is 23.2 Å². The number of amides is 1. The van der Waals surface area contributed by atoms with Crippen molar-refractivity contribution in [1.29, 1.82) is 0 Å². The molecular formula is C18H19N3O6S. The third-order valence-electron chi connectivity index (χ3n) is 4.45. The van der Waals surface area contributed by atoms with Crippen LogP contribution in [0.2, 0.25) is 0 Å². The van der Waals surface area contributed by atoms with Crippen molar-refractivity contribution in [2.24, 2.45) is 0 Å². The average molecular weight is 405 g/mol. The van der Waals surface area contributed by atoms with E-state index >= 15 is 0 Å². The Balaban J connectivity index is 1.87. The number of methoxy groups -OCH3 is 1. The van der Waals surface area contributed by atoms with E-state index in [9.17, 15) is 23.3 Å². The molecule has 1 heterocycles. The number of hydrogen-bond acceptors (Lipinski definition) is 6. The van der Waals surface area contributed by atoms with E-state index < -0.39 is 20.9 Å². The lowest BCUT2D eigenvalue weighted by Crippen LogP contribution is -2.28. The Kier molecular flexibility index (Phi) is 5.61. The van der Waals surface area contributed by atoms with Gasteiger partial charge in [0.05, 0.1) is 23.0 Å². The molecule has 0 spiro atoms. The molecule has 2 aromatic carbocycles. The molecule has 0 bridgehead atoms. The number of ether oxygens (including phenoxy) is 1. The van der Waals surface area contributed by atoms with Gasteiger partial charge >= 0.3 is 0 Å². The molecule has 9 nitrogen and oxygen atoms in total. The largest absolute Gasteiger partial charge is 0.496 e. The number of nitrogens with zero attached hydrogens (tertiary/aromatic N) is 2. The van der Waals surface area contributed by atoms with E-state index in [0.29, 0.717) is 13.1 Å². The number of sulfonamides is 1. The number of carbonyl (C=O) groups excluding carboxylic acids is 1. The molecule has 10 heteroatoms. The number of nitrogens with one attached hydrogen (secondary N) is 1. The van der Waals surface area contributed by atoms with E-state index in [0.717, 1.165) is 12.8 Å². The molecule has 0 aliphatic carbocycles. The van der Waals surface area contributed by atoms with Gasteiger partial charge in [-0.05, 0) is 43.2 Å². The van der Waals surface area contributed by atoms with Gasteiger partial charge in [0.25, 0.3) is 11.6 Å². The Morgan fingerprint density at radius 3 is 2.54 bits per heavy atom. The molecule has 148 valence electrons. The third-order valence-corrected chi connectivity index (χ3v) is 6.34. The fourth-order valence-corrected chi connectivity index (χ4v) is 4.53. The highest BCUT2D eigenvalue weighted by molar-refractivity contribution is 7.89. The molecule has 1 saturated heterocycles. The topological polar surface area (TPSA) is 119 Å². The van der Waals surface area contributed by atoms with Gasteiger partial charge in [-0.1, -0.05) is 6.07 Å². The molecule has 0 unspecified atom stereocenters. The van der Waals surface area contributed by atoms with Gasteiger partial charge in [0, 0.05) is 18.7 Å². The smallest absolute Gasteiger partial charge is 0.296 e. The highest BCUT2D eigenvalue weighted by Crippen LogP contribution is 2.29. The number of hydrogen-bond donors (Lipinski definition) is 1. The zero-order chi connectivity index (χ0) is 20.3. The quantitative estimate of drug-likeness (QED) is 0.583. The molecule has 0 radical (unpaired) electrons. The first-order chi connectivity index (χ1) is 13.3. The fourth-order valence-electron chi connectivity index (χ4n) is 2.97. The second kappa shape index (κ2) is 7.95. The van der Waals surface area contributed by atoms with E-state index in [-0.39, 0.29) is 27.6 Å². The van der Waals surface area contributed by atoms with Crippen molar-refractivity contribution in [2.75, 3.05) is 25.5 Å². The number of anilines is 1. The van der Waals surface area contributed by atoms with Crippen molar-refractivity contribution in [2.45, 2.75) is 17.7 Å². The summed E-state index contributed by atoms with van der Waals surface area (Å²) in [6.07, 6.45) is 1.61. The molecule has 1 amide bonds. The Morgan fingerprint density at radius 1 is 1.18 bits per heavy atom. The fraction of sp³-hybridized carbons (Fsp3) is 0.278. The van der Waals surface area contributed by atoms with Gasteiger partial charge in [0.2, 0.25) is 10.0 Å². The first-order valence-corrected chi connectivity index (χ1v) is 10.0. The Labute approximate surface area is 162 Å². The van der Waals surface area contributed by atoms with Gasteiger partial charge < -0.3 is 10.1 Å². The number of rotatable bonds is 6. The molecule has 1 aliphatic heterocycles. The standard InChI is InChI=1S/C18H19N3O6S/c1-27-14-7-8-16(17(12-14)21(23)24)19-18(22)13-5-4-6-15(11-13)28(25,26)20-9-2-3-10-20/h4-8,11-12H,2-3,9-10H2,1H3,(H,19,22). The zero-order valence-corrected chi connectivity index (χ0v) is 15.9. The van der Waals surface area contributed by atoms with E-state index in [4.69, 9.17) is 4.74 Å². The summed E-state index contributed by atoms with van der Waals surface area (Å²) in [4.78, 5) is 23.2. The molecule has 1 fully saturated rings.